The SMILES string of the molecule is O=C(CN1CCCC(CCO)C1)c1cccc(Br)c1. The number of aliphatic hydroxyl groups excluding tert-OH is 1. The van der Waals surface area contributed by atoms with E-state index in [2.05, 4.69) is 20.8 Å². The van der Waals surface area contributed by atoms with E-state index in [1.165, 1.54) is 6.42 Å². The topological polar surface area (TPSA) is 40.5 Å². The lowest BCUT2D eigenvalue weighted by atomic mass is 9.95. The first-order valence-corrected chi connectivity index (χ1v) is 7.60. The Morgan fingerprint density at radius 3 is 3.05 bits per heavy atom. The highest BCUT2D eigenvalue weighted by Gasteiger charge is 2.21. The molecule has 1 aromatic carbocycles. The summed E-state index contributed by atoms with van der Waals surface area (Å²) in [5.74, 6) is 0.708. The standard InChI is InChI=1S/C15H20BrNO2/c16-14-5-1-4-13(9-14)15(19)11-17-7-2-3-12(10-17)6-8-18/h1,4-5,9,12,18H,2-3,6-8,10-11H2. The van der Waals surface area contributed by atoms with E-state index < -0.39 is 0 Å². The van der Waals surface area contributed by atoms with Gasteiger partial charge < -0.3 is 5.11 Å². The Balaban J connectivity index is 1.91. The van der Waals surface area contributed by atoms with E-state index in [4.69, 9.17) is 5.11 Å². The zero-order valence-electron chi connectivity index (χ0n) is 11.0. The van der Waals surface area contributed by atoms with Gasteiger partial charge in [0.2, 0.25) is 0 Å². The lowest BCUT2D eigenvalue weighted by Crippen LogP contribution is -2.39. The van der Waals surface area contributed by atoms with Crippen LogP contribution in [0.3, 0.4) is 0 Å². The van der Waals surface area contributed by atoms with Crippen molar-refractivity contribution in [3.05, 3.63) is 34.3 Å². The Labute approximate surface area is 122 Å². The van der Waals surface area contributed by atoms with Crippen molar-refractivity contribution >= 4 is 21.7 Å². The van der Waals surface area contributed by atoms with Crippen molar-refractivity contribution in [1.82, 2.24) is 4.90 Å². The van der Waals surface area contributed by atoms with Crippen molar-refractivity contribution in [2.45, 2.75) is 19.3 Å². The number of rotatable bonds is 5. The third-order valence-corrected chi connectivity index (χ3v) is 4.15. The molecule has 0 aliphatic carbocycles. The molecule has 0 amide bonds. The molecule has 1 saturated heterocycles. The van der Waals surface area contributed by atoms with Crippen LogP contribution in [0.1, 0.15) is 29.6 Å². The molecule has 1 heterocycles. The van der Waals surface area contributed by atoms with Crippen LogP contribution in [0.4, 0.5) is 0 Å². The number of hydrogen-bond acceptors (Lipinski definition) is 3. The predicted molar refractivity (Wildman–Crippen MR) is 79.3 cm³/mol. The molecule has 0 aromatic heterocycles. The second-order valence-electron chi connectivity index (χ2n) is 5.19. The summed E-state index contributed by atoms with van der Waals surface area (Å²) in [6.45, 7) is 2.65. The number of piperidine rings is 1. The largest absolute Gasteiger partial charge is 0.396 e. The number of benzene rings is 1. The van der Waals surface area contributed by atoms with E-state index in [0.29, 0.717) is 12.5 Å². The van der Waals surface area contributed by atoms with Crippen molar-refractivity contribution in [3.8, 4) is 0 Å². The van der Waals surface area contributed by atoms with Crippen molar-refractivity contribution in [2.75, 3.05) is 26.2 Å². The van der Waals surface area contributed by atoms with Crippen LogP contribution in [0.2, 0.25) is 0 Å². The van der Waals surface area contributed by atoms with Crippen LogP contribution < -0.4 is 0 Å². The first-order chi connectivity index (χ1) is 9.19. The van der Waals surface area contributed by atoms with Gasteiger partial charge in [-0.2, -0.15) is 0 Å². The fourth-order valence-corrected chi connectivity index (χ4v) is 3.07. The minimum atomic E-state index is 0.172. The van der Waals surface area contributed by atoms with Crippen LogP contribution in [-0.2, 0) is 0 Å². The van der Waals surface area contributed by atoms with Crippen LogP contribution in [0, 0.1) is 5.92 Å². The van der Waals surface area contributed by atoms with Gasteiger partial charge in [0.05, 0.1) is 6.54 Å². The molecule has 1 unspecified atom stereocenters. The van der Waals surface area contributed by atoms with Crippen LogP contribution in [0.25, 0.3) is 0 Å². The maximum Gasteiger partial charge on any atom is 0.176 e. The Morgan fingerprint density at radius 2 is 2.32 bits per heavy atom. The second-order valence-corrected chi connectivity index (χ2v) is 6.10. The number of nitrogens with zero attached hydrogens (tertiary/aromatic N) is 1. The third-order valence-electron chi connectivity index (χ3n) is 3.65. The Morgan fingerprint density at radius 1 is 1.47 bits per heavy atom. The van der Waals surface area contributed by atoms with E-state index >= 15 is 0 Å². The molecular formula is C15H20BrNO2. The minimum absolute atomic E-state index is 0.172. The molecule has 0 radical (unpaired) electrons. The fourth-order valence-electron chi connectivity index (χ4n) is 2.67. The molecule has 0 saturated carbocycles. The summed E-state index contributed by atoms with van der Waals surface area (Å²) in [4.78, 5) is 14.4. The third kappa shape index (κ3) is 4.41. The number of aliphatic hydroxyl groups is 1. The molecule has 1 fully saturated rings. The van der Waals surface area contributed by atoms with Gasteiger partial charge in [-0.15, -0.1) is 0 Å². The Bertz CT molecular complexity index is 434. The molecule has 0 spiro atoms. The number of carbonyl (C=O) groups is 1. The molecule has 1 aliphatic rings. The van der Waals surface area contributed by atoms with Crippen molar-refractivity contribution in [3.63, 3.8) is 0 Å². The second kappa shape index (κ2) is 7.17. The van der Waals surface area contributed by atoms with Crippen LogP contribution in [-0.4, -0.2) is 42.0 Å². The van der Waals surface area contributed by atoms with Crippen molar-refractivity contribution < 1.29 is 9.90 Å². The summed E-state index contributed by atoms with van der Waals surface area (Å²) in [7, 11) is 0. The van der Waals surface area contributed by atoms with E-state index in [-0.39, 0.29) is 12.4 Å². The zero-order valence-corrected chi connectivity index (χ0v) is 12.6. The van der Waals surface area contributed by atoms with Gasteiger partial charge in [0, 0.05) is 23.2 Å². The van der Waals surface area contributed by atoms with Crippen molar-refractivity contribution in [2.24, 2.45) is 5.92 Å². The molecule has 1 aliphatic heterocycles. The molecule has 104 valence electrons. The number of ketones is 1. The number of Topliss-reactive ketones (excluding diaryl/α,β-unsaturated/α-hetero) is 1. The van der Waals surface area contributed by atoms with Crippen LogP contribution in [0.15, 0.2) is 28.7 Å². The average Bonchev–Trinajstić information content (AvgIpc) is 2.39. The van der Waals surface area contributed by atoms with E-state index in [0.717, 1.165) is 36.0 Å². The molecule has 19 heavy (non-hydrogen) atoms. The highest BCUT2D eigenvalue weighted by molar-refractivity contribution is 9.10. The molecule has 1 aromatic rings. The molecular weight excluding hydrogens is 306 g/mol. The predicted octanol–water partition coefficient (Wildman–Crippen LogP) is 2.73. The molecule has 0 bridgehead atoms. The summed E-state index contributed by atoms with van der Waals surface area (Å²) in [5.41, 5.74) is 0.763. The summed E-state index contributed by atoms with van der Waals surface area (Å²) >= 11 is 3.39. The maximum absolute atomic E-state index is 12.2. The van der Waals surface area contributed by atoms with Gasteiger partial charge in [-0.25, -0.2) is 0 Å². The molecule has 1 N–H and O–H groups in total. The van der Waals surface area contributed by atoms with Crippen LogP contribution in [0.5, 0.6) is 0 Å². The monoisotopic (exact) mass is 325 g/mol. The molecule has 2 rings (SSSR count). The number of halogens is 1. The van der Waals surface area contributed by atoms with Crippen LogP contribution >= 0.6 is 15.9 Å². The van der Waals surface area contributed by atoms with Gasteiger partial charge in [-0.3, -0.25) is 9.69 Å². The lowest BCUT2D eigenvalue weighted by Gasteiger charge is -2.31. The quantitative estimate of drug-likeness (QED) is 0.846. The number of carbonyl (C=O) groups excluding carboxylic acids is 1. The smallest absolute Gasteiger partial charge is 0.176 e. The summed E-state index contributed by atoms with van der Waals surface area (Å²) in [5, 5.41) is 9.00. The molecule has 1 atom stereocenters. The maximum atomic E-state index is 12.2. The van der Waals surface area contributed by atoms with Gasteiger partial charge >= 0.3 is 0 Å². The Hall–Kier alpha value is -0.710. The van der Waals surface area contributed by atoms with E-state index in [1.807, 2.05) is 24.3 Å². The van der Waals surface area contributed by atoms with Gasteiger partial charge in [0.1, 0.15) is 0 Å². The van der Waals surface area contributed by atoms with Gasteiger partial charge in [0.15, 0.2) is 5.78 Å². The number of likely N-dealkylation sites (tertiary alicyclic amines) is 1. The lowest BCUT2D eigenvalue weighted by molar-refractivity contribution is 0.0871. The summed E-state index contributed by atoms with van der Waals surface area (Å²) in [6.07, 6.45) is 3.14. The van der Waals surface area contributed by atoms with Gasteiger partial charge in [-0.1, -0.05) is 28.1 Å². The average molecular weight is 326 g/mol. The Kier molecular flexibility index (Phi) is 5.55. The normalized spacial score (nSPS) is 20.4. The highest BCUT2D eigenvalue weighted by Crippen LogP contribution is 2.20. The highest BCUT2D eigenvalue weighted by atomic mass is 79.9. The zero-order chi connectivity index (χ0) is 13.7. The summed E-state index contributed by atoms with van der Waals surface area (Å²) < 4.78 is 0.940. The summed E-state index contributed by atoms with van der Waals surface area (Å²) in [6, 6.07) is 7.55. The first-order valence-electron chi connectivity index (χ1n) is 6.81. The van der Waals surface area contributed by atoms with E-state index in [9.17, 15) is 4.79 Å². The number of hydrogen-bond donors (Lipinski definition) is 1. The fraction of sp³-hybridized carbons (Fsp3) is 0.533. The minimum Gasteiger partial charge on any atom is -0.396 e. The van der Waals surface area contributed by atoms with Crippen molar-refractivity contribution in [1.29, 1.82) is 0 Å². The van der Waals surface area contributed by atoms with Gasteiger partial charge in [-0.05, 0) is 43.9 Å². The first kappa shape index (κ1) is 14.7. The van der Waals surface area contributed by atoms with E-state index in [1.54, 1.807) is 0 Å². The van der Waals surface area contributed by atoms with Gasteiger partial charge in [0.25, 0.3) is 0 Å². The molecule has 4 heteroatoms. The molecule has 3 nitrogen and oxygen atoms in total.